The number of aryl methyl sites for hydroxylation is 4. The van der Waals surface area contributed by atoms with E-state index in [0.29, 0.717) is 0 Å². The van der Waals surface area contributed by atoms with Crippen molar-refractivity contribution in [1.29, 1.82) is 0 Å². The van der Waals surface area contributed by atoms with Gasteiger partial charge in [0.2, 0.25) is 0 Å². The van der Waals surface area contributed by atoms with Gasteiger partial charge in [0.05, 0.1) is 4.83 Å². The Labute approximate surface area is 118 Å². The second-order valence-corrected chi connectivity index (χ2v) is 6.04. The average molecular weight is 303 g/mol. The minimum atomic E-state index is 0.274. The van der Waals surface area contributed by atoms with Gasteiger partial charge in [0.25, 0.3) is 0 Å². The third-order valence-corrected chi connectivity index (χ3v) is 4.42. The van der Waals surface area contributed by atoms with Crippen molar-refractivity contribution in [3.05, 3.63) is 69.8 Å². The molecule has 0 fully saturated rings. The molecule has 0 aliphatic heterocycles. The standard InChI is InChI=1S/C17H19Br/c1-11-7-12(2)9-16(8-11)17(18)15-6-5-13(3)14(4)10-15/h5-10,17H,1-4H3. The van der Waals surface area contributed by atoms with Crippen LogP contribution in [0.1, 0.15) is 38.2 Å². The van der Waals surface area contributed by atoms with E-state index >= 15 is 0 Å². The number of hydrogen-bond acceptors (Lipinski definition) is 0. The summed E-state index contributed by atoms with van der Waals surface area (Å²) in [5.41, 5.74) is 7.98. The van der Waals surface area contributed by atoms with Crippen LogP contribution >= 0.6 is 15.9 Å². The van der Waals surface area contributed by atoms with E-state index in [0.717, 1.165) is 0 Å². The van der Waals surface area contributed by atoms with Gasteiger partial charge in [0.1, 0.15) is 0 Å². The lowest BCUT2D eigenvalue weighted by Crippen LogP contribution is -1.96. The molecule has 2 aromatic rings. The summed E-state index contributed by atoms with van der Waals surface area (Å²) >= 11 is 3.82. The lowest BCUT2D eigenvalue weighted by Gasteiger charge is -2.14. The zero-order chi connectivity index (χ0) is 13.3. The fourth-order valence-corrected chi connectivity index (χ4v) is 2.82. The van der Waals surface area contributed by atoms with E-state index in [1.807, 2.05) is 0 Å². The molecule has 1 atom stereocenters. The zero-order valence-electron chi connectivity index (χ0n) is 11.4. The summed E-state index contributed by atoms with van der Waals surface area (Å²) in [5.74, 6) is 0. The maximum atomic E-state index is 3.82. The highest BCUT2D eigenvalue weighted by Gasteiger charge is 2.11. The molecule has 0 nitrogen and oxygen atoms in total. The first-order chi connectivity index (χ1) is 8.47. The summed E-state index contributed by atoms with van der Waals surface area (Å²) in [4.78, 5) is 0.274. The molecule has 0 aromatic heterocycles. The monoisotopic (exact) mass is 302 g/mol. The molecule has 2 aromatic carbocycles. The minimum Gasteiger partial charge on any atom is -0.0786 e. The van der Waals surface area contributed by atoms with Crippen LogP contribution in [0.25, 0.3) is 0 Å². The number of alkyl halides is 1. The van der Waals surface area contributed by atoms with Gasteiger partial charge in [-0.25, -0.2) is 0 Å². The Morgan fingerprint density at radius 2 is 1.33 bits per heavy atom. The van der Waals surface area contributed by atoms with E-state index < -0.39 is 0 Å². The quantitative estimate of drug-likeness (QED) is 0.651. The van der Waals surface area contributed by atoms with Gasteiger partial charge in [-0.3, -0.25) is 0 Å². The van der Waals surface area contributed by atoms with Crippen LogP contribution in [0.2, 0.25) is 0 Å². The molecule has 1 heteroatoms. The highest BCUT2D eigenvalue weighted by molar-refractivity contribution is 9.09. The summed E-state index contributed by atoms with van der Waals surface area (Å²) < 4.78 is 0. The molecule has 0 radical (unpaired) electrons. The van der Waals surface area contributed by atoms with Crippen LogP contribution in [0.3, 0.4) is 0 Å². The van der Waals surface area contributed by atoms with Crippen molar-refractivity contribution in [2.24, 2.45) is 0 Å². The van der Waals surface area contributed by atoms with Crippen molar-refractivity contribution in [3.63, 3.8) is 0 Å². The Kier molecular flexibility index (Phi) is 3.91. The lowest BCUT2D eigenvalue weighted by molar-refractivity contribution is 1.14. The highest BCUT2D eigenvalue weighted by atomic mass is 79.9. The minimum absolute atomic E-state index is 0.274. The first-order valence-electron chi connectivity index (χ1n) is 6.27. The van der Waals surface area contributed by atoms with Crippen molar-refractivity contribution in [2.75, 3.05) is 0 Å². The molecule has 0 aliphatic rings. The van der Waals surface area contributed by atoms with E-state index in [4.69, 9.17) is 0 Å². The van der Waals surface area contributed by atoms with Crippen LogP contribution in [0.4, 0.5) is 0 Å². The molecule has 0 bridgehead atoms. The molecular formula is C17H19Br. The van der Waals surface area contributed by atoms with Crippen molar-refractivity contribution in [1.82, 2.24) is 0 Å². The first kappa shape index (κ1) is 13.4. The number of hydrogen-bond donors (Lipinski definition) is 0. The van der Waals surface area contributed by atoms with E-state index in [2.05, 4.69) is 80.0 Å². The van der Waals surface area contributed by atoms with Gasteiger partial charge < -0.3 is 0 Å². The number of halogens is 1. The van der Waals surface area contributed by atoms with Crippen LogP contribution in [-0.4, -0.2) is 0 Å². The molecular weight excluding hydrogens is 284 g/mol. The van der Waals surface area contributed by atoms with Gasteiger partial charge in [-0.1, -0.05) is 63.5 Å². The largest absolute Gasteiger partial charge is 0.0786 e. The van der Waals surface area contributed by atoms with E-state index in [1.165, 1.54) is 33.4 Å². The van der Waals surface area contributed by atoms with E-state index in [1.54, 1.807) is 0 Å². The Balaban J connectivity index is 2.40. The van der Waals surface area contributed by atoms with Crippen molar-refractivity contribution < 1.29 is 0 Å². The van der Waals surface area contributed by atoms with Crippen LogP contribution in [0.5, 0.6) is 0 Å². The average Bonchev–Trinajstić information content (AvgIpc) is 2.30. The second-order valence-electron chi connectivity index (χ2n) is 5.13. The predicted molar refractivity (Wildman–Crippen MR) is 82.6 cm³/mol. The fourth-order valence-electron chi connectivity index (χ4n) is 2.27. The SMILES string of the molecule is Cc1cc(C)cc(C(Br)c2ccc(C)c(C)c2)c1. The van der Waals surface area contributed by atoms with Crippen molar-refractivity contribution in [2.45, 2.75) is 32.5 Å². The smallest absolute Gasteiger partial charge is 0.0644 e. The summed E-state index contributed by atoms with van der Waals surface area (Å²) in [7, 11) is 0. The molecule has 0 heterocycles. The summed E-state index contributed by atoms with van der Waals surface area (Å²) in [5, 5.41) is 0. The summed E-state index contributed by atoms with van der Waals surface area (Å²) in [6, 6.07) is 13.4. The Bertz CT molecular complexity index is 550. The number of rotatable bonds is 2. The molecule has 0 spiro atoms. The molecule has 1 unspecified atom stereocenters. The van der Waals surface area contributed by atoms with Crippen LogP contribution in [0.15, 0.2) is 36.4 Å². The maximum absolute atomic E-state index is 3.82. The first-order valence-corrected chi connectivity index (χ1v) is 7.18. The predicted octanol–water partition coefficient (Wildman–Crippen LogP) is 5.40. The number of benzene rings is 2. The highest BCUT2D eigenvalue weighted by Crippen LogP contribution is 2.32. The molecule has 0 saturated carbocycles. The Hall–Kier alpha value is -1.08. The van der Waals surface area contributed by atoms with Crippen molar-refractivity contribution in [3.8, 4) is 0 Å². The Morgan fingerprint density at radius 1 is 0.722 bits per heavy atom. The molecule has 18 heavy (non-hydrogen) atoms. The maximum Gasteiger partial charge on any atom is 0.0644 e. The second kappa shape index (κ2) is 5.27. The summed E-state index contributed by atoms with van der Waals surface area (Å²) in [6.07, 6.45) is 0. The zero-order valence-corrected chi connectivity index (χ0v) is 13.0. The van der Waals surface area contributed by atoms with Gasteiger partial charge in [0, 0.05) is 0 Å². The van der Waals surface area contributed by atoms with Gasteiger partial charge in [-0.15, -0.1) is 0 Å². The molecule has 94 valence electrons. The van der Waals surface area contributed by atoms with Gasteiger partial charge in [-0.05, 0) is 49.9 Å². The van der Waals surface area contributed by atoms with Crippen LogP contribution in [-0.2, 0) is 0 Å². The summed E-state index contributed by atoms with van der Waals surface area (Å²) in [6.45, 7) is 8.62. The normalized spacial score (nSPS) is 12.5. The molecule has 0 aliphatic carbocycles. The van der Waals surface area contributed by atoms with Gasteiger partial charge in [0.15, 0.2) is 0 Å². The third kappa shape index (κ3) is 2.84. The van der Waals surface area contributed by atoms with E-state index in [-0.39, 0.29) is 4.83 Å². The molecule has 0 saturated heterocycles. The topological polar surface area (TPSA) is 0 Å². The van der Waals surface area contributed by atoms with E-state index in [9.17, 15) is 0 Å². The van der Waals surface area contributed by atoms with Crippen LogP contribution < -0.4 is 0 Å². The molecule has 2 rings (SSSR count). The van der Waals surface area contributed by atoms with Gasteiger partial charge >= 0.3 is 0 Å². The van der Waals surface area contributed by atoms with Crippen molar-refractivity contribution >= 4 is 15.9 Å². The third-order valence-electron chi connectivity index (χ3n) is 3.36. The fraction of sp³-hybridized carbons (Fsp3) is 0.294. The Morgan fingerprint density at radius 3 is 1.89 bits per heavy atom. The van der Waals surface area contributed by atoms with Gasteiger partial charge in [-0.2, -0.15) is 0 Å². The molecule has 0 N–H and O–H groups in total. The lowest BCUT2D eigenvalue weighted by atomic mass is 9.98. The molecule has 0 amide bonds. The van der Waals surface area contributed by atoms with Crippen LogP contribution in [0, 0.1) is 27.7 Å².